The van der Waals surface area contributed by atoms with Crippen LogP contribution in [0.3, 0.4) is 0 Å². The van der Waals surface area contributed by atoms with Gasteiger partial charge in [-0.25, -0.2) is 0 Å². The van der Waals surface area contributed by atoms with Gasteiger partial charge in [0.15, 0.2) is 0 Å². The maximum Gasteiger partial charge on any atom is 0.110 e. The summed E-state index contributed by atoms with van der Waals surface area (Å²) in [7, 11) is 0. The van der Waals surface area contributed by atoms with Crippen LogP contribution in [0.1, 0.15) is 6.92 Å². The van der Waals surface area contributed by atoms with Crippen LogP contribution in [0.2, 0.25) is 0 Å². The van der Waals surface area contributed by atoms with E-state index in [9.17, 15) is 0 Å². The van der Waals surface area contributed by atoms with Crippen LogP contribution in [0, 0.1) is 0 Å². The molecule has 0 radical (unpaired) electrons. The quantitative estimate of drug-likeness (QED) is 0.514. The van der Waals surface area contributed by atoms with E-state index in [1.54, 1.807) is 0 Å². The second kappa shape index (κ2) is 2.82. The molecule has 0 amide bonds. The monoisotopic (exact) mass is 172 g/mol. The van der Waals surface area contributed by atoms with Crippen LogP contribution >= 0.6 is 39.7 Å². The molecule has 1 rings (SSSR count). The van der Waals surface area contributed by atoms with Gasteiger partial charge in [-0.2, -0.15) is 0 Å². The Kier molecular flexibility index (Phi) is 2.63. The first-order chi connectivity index (χ1) is 3.29. The second-order valence-electron chi connectivity index (χ2n) is 1.42. The van der Waals surface area contributed by atoms with Crippen LogP contribution in [-0.2, 0) is 0 Å². The maximum absolute atomic E-state index is 5.80. The first-order valence-corrected chi connectivity index (χ1v) is 7.37. The van der Waals surface area contributed by atoms with Crippen molar-refractivity contribution in [3.05, 3.63) is 0 Å². The van der Waals surface area contributed by atoms with Gasteiger partial charge < -0.3 is 0 Å². The predicted molar refractivity (Wildman–Crippen MR) is 42.3 cm³/mol. The van der Waals surface area contributed by atoms with E-state index >= 15 is 0 Å². The molecule has 1 aliphatic rings. The number of hydrogen-bond donors (Lipinski definition) is 0. The predicted octanol–water partition coefficient (Wildman–Crippen LogP) is 3.32. The summed E-state index contributed by atoms with van der Waals surface area (Å²) in [6.45, 7) is 2.22. The molecule has 7 heavy (non-hydrogen) atoms. The topological polar surface area (TPSA) is 0 Å². The van der Waals surface area contributed by atoms with Gasteiger partial charge in [-0.05, 0) is 0 Å². The lowest BCUT2D eigenvalue weighted by Crippen LogP contribution is -1.88. The highest BCUT2D eigenvalue weighted by atomic mass is 35.7. The SMILES string of the molecule is CC1CSP(Cl)S1. The van der Waals surface area contributed by atoms with Gasteiger partial charge in [0.05, 0.1) is 0 Å². The van der Waals surface area contributed by atoms with Crippen molar-refractivity contribution in [3.8, 4) is 0 Å². The van der Waals surface area contributed by atoms with Gasteiger partial charge in [-0.1, -0.05) is 18.2 Å². The molecule has 0 nitrogen and oxygen atoms in total. The van der Waals surface area contributed by atoms with E-state index in [1.807, 2.05) is 22.8 Å². The van der Waals surface area contributed by atoms with Crippen LogP contribution < -0.4 is 0 Å². The minimum atomic E-state index is -0.199. The van der Waals surface area contributed by atoms with Crippen molar-refractivity contribution in [2.24, 2.45) is 0 Å². The Labute approximate surface area is 57.8 Å². The number of halogens is 1. The molecule has 1 fully saturated rings. The van der Waals surface area contributed by atoms with E-state index in [0.717, 1.165) is 5.25 Å². The largest absolute Gasteiger partial charge is 0.110 e. The molecule has 0 saturated carbocycles. The first kappa shape index (κ1) is 6.54. The highest BCUT2D eigenvalue weighted by molar-refractivity contribution is 8.96. The standard InChI is InChI=1S/C3H6ClPS2/c1-3-2-6-5(4)7-3/h3H,2H2,1H3. The second-order valence-corrected chi connectivity index (χ2v) is 9.96. The van der Waals surface area contributed by atoms with Gasteiger partial charge in [0.1, 0.15) is 5.68 Å². The minimum absolute atomic E-state index is 0.199. The van der Waals surface area contributed by atoms with Crippen molar-refractivity contribution in [2.45, 2.75) is 12.2 Å². The van der Waals surface area contributed by atoms with Crippen molar-refractivity contribution in [1.82, 2.24) is 0 Å². The fourth-order valence-corrected chi connectivity index (χ4v) is 8.54. The van der Waals surface area contributed by atoms with Crippen LogP contribution in [0.25, 0.3) is 0 Å². The summed E-state index contributed by atoms with van der Waals surface area (Å²) in [5.41, 5.74) is -0.199. The summed E-state index contributed by atoms with van der Waals surface area (Å²) in [6.07, 6.45) is 0. The normalized spacial score (nSPS) is 42.0. The molecule has 2 atom stereocenters. The van der Waals surface area contributed by atoms with Crippen LogP contribution in [0.15, 0.2) is 0 Å². The fraction of sp³-hybridized carbons (Fsp3) is 1.00. The molecule has 2 unspecified atom stereocenters. The summed E-state index contributed by atoms with van der Waals surface area (Å²) in [5, 5.41) is 0.800. The van der Waals surface area contributed by atoms with Crippen molar-refractivity contribution in [2.75, 3.05) is 5.75 Å². The van der Waals surface area contributed by atoms with Crippen LogP contribution in [0.5, 0.6) is 0 Å². The van der Waals surface area contributed by atoms with Crippen LogP contribution in [0.4, 0.5) is 0 Å². The summed E-state index contributed by atoms with van der Waals surface area (Å²) in [5.74, 6) is 1.25. The molecule has 0 N–H and O–H groups in total. The van der Waals surface area contributed by atoms with Gasteiger partial charge in [-0.15, -0.1) is 22.8 Å². The Balaban J connectivity index is 2.26. The first-order valence-electron chi connectivity index (χ1n) is 2.04. The zero-order valence-electron chi connectivity index (χ0n) is 3.93. The summed E-state index contributed by atoms with van der Waals surface area (Å²) < 4.78 is 0. The molecule has 4 heteroatoms. The third-order valence-corrected chi connectivity index (χ3v) is 8.38. The van der Waals surface area contributed by atoms with Gasteiger partial charge >= 0.3 is 0 Å². The Bertz CT molecular complexity index is 62.0. The molecule has 1 saturated heterocycles. The zero-order valence-corrected chi connectivity index (χ0v) is 7.21. The Morgan fingerprint density at radius 3 is 2.71 bits per heavy atom. The van der Waals surface area contributed by atoms with Gasteiger partial charge in [0.2, 0.25) is 0 Å². The van der Waals surface area contributed by atoms with E-state index in [1.165, 1.54) is 5.75 Å². The van der Waals surface area contributed by atoms with Crippen LogP contribution in [-0.4, -0.2) is 11.0 Å². The molecule has 1 heterocycles. The van der Waals surface area contributed by atoms with Crippen molar-refractivity contribution in [3.63, 3.8) is 0 Å². The Morgan fingerprint density at radius 1 is 1.86 bits per heavy atom. The summed E-state index contributed by atoms with van der Waals surface area (Å²) in [4.78, 5) is 0. The lowest BCUT2D eigenvalue weighted by Gasteiger charge is -1.92. The molecule has 0 spiro atoms. The molecule has 0 aromatic carbocycles. The molecule has 0 bridgehead atoms. The molecule has 42 valence electrons. The zero-order chi connectivity index (χ0) is 5.28. The summed E-state index contributed by atoms with van der Waals surface area (Å²) in [6, 6.07) is 0. The minimum Gasteiger partial charge on any atom is -0.106 e. The third-order valence-electron chi connectivity index (χ3n) is 0.674. The summed E-state index contributed by atoms with van der Waals surface area (Å²) >= 11 is 9.61. The van der Waals surface area contributed by atoms with E-state index in [2.05, 4.69) is 6.92 Å². The van der Waals surface area contributed by atoms with E-state index in [0.29, 0.717) is 0 Å². The highest BCUT2D eigenvalue weighted by Gasteiger charge is 2.19. The Morgan fingerprint density at radius 2 is 2.57 bits per heavy atom. The smallest absolute Gasteiger partial charge is 0.106 e. The lowest BCUT2D eigenvalue weighted by molar-refractivity contribution is 1.15. The maximum atomic E-state index is 5.80. The van der Waals surface area contributed by atoms with Gasteiger partial charge in [0.25, 0.3) is 0 Å². The molecule has 0 aliphatic carbocycles. The van der Waals surface area contributed by atoms with Gasteiger partial charge in [0, 0.05) is 11.0 Å². The average Bonchev–Trinajstić information content (AvgIpc) is 1.87. The molecule has 1 aliphatic heterocycles. The lowest BCUT2D eigenvalue weighted by atomic mass is 10.6. The van der Waals surface area contributed by atoms with Crippen molar-refractivity contribution in [1.29, 1.82) is 0 Å². The number of hydrogen-bond acceptors (Lipinski definition) is 2. The van der Waals surface area contributed by atoms with E-state index < -0.39 is 0 Å². The number of rotatable bonds is 0. The van der Waals surface area contributed by atoms with Gasteiger partial charge in [-0.3, -0.25) is 0 Å². The fourth-order valence-electron chi connectivity index (χ4n) is 0.366. The van der Waals surface area contributed by atoms with Crippen molar-refractivity contribution < 1.29 is 0 Å². The highest BCUT2D eigenvalue weighted by Crippen LogP contribution is 2.71. The molecular weight excluding hydrogens is 167 g/mol. The molecular formula is C3H6ClPS2. The van der Waals surface area contributed by atoms with E-state index in [-0.39, 0.29) is 5.68 Å². The van der Waals surface area contributed by atoms with Crippen molar-refractivity contribution >= 4 is 39.7 Å². The molecule has 0 aromatic rings. The molecule has 0 aromatic heterocycles. The van der Waals surface area contributed by atoms with E-state index in [4.69, 9.17) is 11.2 Å². The Hall–Kier alpha value is 1.42. The third kappa shape index (κ3) is 2.01. The average molecular weight is 173 g/mol.